The summed E-state index contributed by atoms with van der Waals surface area (Å²) in [5, 5.41) is 0. The minimum Gasteiger partial charge on any atom is -0.496 e. The number of ether oxygens (including phenoxy) is 1. The van der Waals surface area contributed by atoms with Gasteiger partial charge in [-0.15, -0.1) is 0 Å². The second-order valence-electron chi connectivity index (χ2n) is 9.15. The average Bonchev–Trinajstić information content (AvgIpc) is 3.33. The van der Waals surface area contributed by atoms with Gasteiger partial charge in [-0.3, -0.25) is 4.79 Å². The molecule has 5 rings (SSSR count). The molecule has 3 atom stereocenters. The Morgan fingerprint density at radius 3 is 2.46 bits per heavy atom. The molecule has 0 amide bonds. The van der Waals surface area contributed by atoms with Gasteiger partial charge in [0.1, 0.15) is 5.75 Å². The predicted octanol–water partition coefficient (Wildman–Crippen LogP) is 4.66. The molecule has 0 spiro atoms. The van der Waals surface area contributed by atoms with Crippen LogP contribution in [0.25, 0.3) is 0 Å². The smallest absolute Gasteiger partial charge is 0.165 e. The van der Waals surface area contributed by atoms with Crippen molar-refractivity contribution in [2.45, 2.75) is 63.3 Å². The van der Waals surface area contributed by atoms with Gasteiger partial charge in [-0.1, -0.05) is 6.42 Å². The molecule has 3 heteroatoms. The Hall–Kier alpha value is -1.35. The van der Waals surface area contributed by atoms with Gasteiger partial charge in [-0.25, -0.2) is 0 Å². The van der Waals surface area contributed by atoms with Gasteiger partial charge in [0.15, 0.2) is 5.78 Å². The molecule has 1 aliphatic heterocycles. The third kappa shape index (κ3) is 2.98. The molecule has 1 heterocycles. The van der Waals surface area contributed by atoms with E-state index in [9.17, 15) is 4.79 Å². The highest BCUT2D eigenvalue weighted by atomic mass is 16.5. The van der Waals surface area contributed by atoms with Crippen LogP contribution >= 0.6 is 0 Å². The summed E-state index contributed by atoms with van der Waals surface area (Å²) in [6.07, 6.45) is 10.4. The normalized spacial score (nSPS) is 32.1. The zero-order chi connectivity index (χ0) is 17.7. The fourth-order valence-corrected chi connectivity index (χ4v) is 5.99. The van der Waals surface area contributed by atoms with Crippen molar-refractivity contribution in [3.05, 3.63) is 29.3 Å². The van der Waals surface area contributed by atoms with Crippen molar-refractivity contribution >= 4 is 5.78 Å². The largest absolute Gasteiger partial charge is 0.496 e. The van der Waals surface area contributed by atoms with E-state index in [1.807, 2.05) is 12.1 Å². The fraction of sp³-hybridized carbons (Fsp3) is 0.696. The van der Waals surface area contributed by atoms with Gasteiger partial charge in [0.05, 0.1) is 7.11 Å². The Balaban J connectivity index is 1.29. The highest BCUT2D eigenvalue weighted by molar-refractivity contribution is 5.99. The number of nitrogens with zero attached hydrogens (tertiary/aromatic N) is 1. The molecule has 2 bridgehead atoms. The van der Waals surface area contributed by atoms with E-state index < -0.39 is 0 Å². The van der Waals surface area contributed by atoms with E-state index in [2.05, 4.69) is 11.0 Å². The van der Waals surface area contributed by atoms with Crippen molar-refractivity contribution in [2.75, 3.05) is 20.2 Å². The van der Waals surface area contributed by atoms with E-state index in [-0.39, 0.29) is 5.92 Å². The van der Waals surface area contributed by atoms with E-state index >= 15 is 0 Å². The van der Waals surface area contributed by atoms with Crippen molar-refractivity contribution in [2.24, 2.45) is 17.8 Å². The molecule has 26 heavy (non-hydrogen) atoms. The number of benzene rings is 1. The van der Waals surface area contributed by atoms with E-state index in [4.69, 9.17) is 4.74 Å². The number of fused-ring (bicyclic) bond motifs is 2. The Kier molecular flexibility index (Phi) is 4.31. The van der Waals surface area contributed by atoms with Crippen LogP contribution in [0.4, 0.5) is 0 Å². The third-order valence-corrected chi connectivity index (χ3v) is 7.60. The van der Waals surface area contributed by atoms with E-state index in [0.29, 0.717) is 11.7 Å². The zero-order valence-electron chi connectivity index (χ0n) is 16.0. The number of likely N-dealkylation sites (tertiary alicyclic amines) is 1. The molecule has 0 N–H and O–H groups in total. The number of piperidine rings is 1. The highest BCUT2D eigenvalue weighted by Crippen LogP contribution is 2.48. The first-order valence-corrected chi connectivity index (χ1v) is 10.7. The maximum atomic E-state index is 12.5. The van der Waals surface area contributed by atoms with Gasteiger partial charge in [0, 0.05) is 17.5 Å². The molecule has 140 valence electrons. The summed E-state index contributed by atoms with van der Waals surface area (Å²) >= 11 is 0. The lowest BCUT2D eigenvalue weighted by Gasteiger charge is -2.40. The summed E-state index contributed by atoms with van der Waals surface area (Å²) in [4.78, 5) is 15.3. The molecule has 4 aliphatic rings. The van der Waals surface area contributed by atoms with Gasteiger partial charge < -0.3 is 9.64 Å². The first-order valence-electron chi connectivity index (χ1n) is 10.7. The Bertz CT molecular complexity index is 687. The molecule has 1 aromatic rings. The van der Waals surface area contributed by atoms with Crippen LogP contribution in [0.2, 0.25) is 0 Å². The van der Waals surface area contributed by atoms with Crippen LogP contribution in [-0.2, 0) is 0 Å². The molecule has 0 radical (unpaired) electrons. The van der Waals surface area contributed by atoms with Crippen LogP contribution < -0.4 is 4.74 Å². The zero-order valence-corrected chi connectivity index (χ0v) is 16.0. The predicted molar refractivity (Wildman–Crippen MR) is 103 cm³/mol. The van der Waals surface area contributed by atoms with E-state index in [1.54, 1.807) is 7.11 Å². The molecular formula is C23H31NO2. The third-order valence-electron chi connectivity index (χ3n) is 7.60. The monoisotopic (exact) mass is 353 g/mol. The molecule has 3 aliphatic carbocycles. The van der Waals surface area contributed by atoms with Gasteiger partial charge in [0.25, 0.3) is 0 Å². The van der Waals surface area contributed by atoms with E-state index in [1.165, 1.54) is 57.2 Å². The fourth-order valence-electron chi connectivity index (χ4n) is 5.99. The van der Waals surface area contributed by atoms with Crippen LogP contribution in [0.1, 0.15) is 73.2 Å². The summed E-state index contributed by atoms with van der Waals surface area (Å²) in [7, 11) is 1.76. The Morgan fingerprint density at radius 1 is 1.04 bits per heavy atom. The molecule has 1 aromatic carbocycles. The number of Topliss-reactive ketones (excluding diaryl/α,β-unsaturated/α-hetero) is 1. The summed E-state index contributed by atoms with van der Waals surface area (Å²) < 4.78 is 5.65. The number of carbonyl (C=O) groups excluding carboxylic acids is 1. The van der Waals surface area contributed by atoms with Gasteiger partial charge >= 0.3 is 0 Å². The summed E-state index contributed by atoms with van der Waals surface area (Å²) in [5.74, 6) is 4.13. The maximum absolute atomic E-state index is 12.5. The van der Waals surface area contributed by atoms with Crippen LogP contribution in [-0.4, -0.2) is 36.9 Å². The number of ketones is 1. The summed E-state index contributed by atoms with van der Waals surface area (Å²) in [5.41, 5.74) is 2.17. The minimum atomic E-state index is 0.288. The van der Waals surface area contributed by atoms with Crippen molar-refractivity contribution in [3.63, 3.8) is 0 Å². The maximum Gasteiger partial charge on any atom is 0.165 e. The number of carbonyl (C=O) groups is 1. The molecule has 3 saturated carbocycles. The first-order chi connectivity index (χ1) is 12.7. The highest BCUT2D eigenvalue weighted by Gasteiger charge is 2.43. The lowest BCUT2D eigenvalue weighted by molar-refractivity contribution is 0.0967. The quantitative estimate of drug-likeness (QED) is 0.721. The van der Waals surface area contributed by atoms with Crippen molar-refractivity contribution < 1.29 is 9.53 Å². The Labute approximate surface area is 157 Å². The molecule has 3 nitrogen and oxygen atoms in total. The Morgan fingerprint density at radius 2 is 1.85 bits per heavy atom. The van der Waals surface area contributed by atoms with Crippen LogP contribution in [0, 0.1) is 17.8 Å². The van der Waals surface area contributed by atoms with Crippen molar-refractivity contribution in [1.29, 1.82) is 0 Å². The molecule has 1 saturated heterocycles. The topological polar surface area (TPSA) is 29.5 Å². The lowest BCUT2D eigenvalue weighted by Crippen LogP contribution is -2.43. The SMILES string of the molecule is COc1ccc(C(=O)C2CC2)cc1C1CCN([C@H]2CC3CCC2C3)CC1. The van der Waals surface area contributed by atoms with E-state index in [0.717, 1.165) is 42.0 Å². The second kappa shape index (κ2) is 6.67. The van der Waals surface area contributed by atoms with Crippen molar-refractivity contribution in [1.82, 2.24) is 4.90 Å². The number of hydrogen-bond acceptors (Lipinski definition) is 3. The van der Waals surface area contributed by atoms with Gasteiger partial charge in [-0.05, 0) is 99.6 Å². The molecular weight excluding hydrogens is 322 g/mol. The van der Waals surface area contributed by atoms with Crippen LogP contribution in [0.5, 0.6) is 5.75 Å². The van der Waals surface area contributed by atoms with Crippen LogP contribution in [0.15, 0.2) is 18.2 Å². The van der Waals surface area contributed by atoms with Gasteiger partial charge in [0.2, 0.25) is 0 Å². The minimum absolute atomic E-state index is 0.288. The molecule has 2 unspecified atom stereocenters. The average molecular weight is 354 g/mol. The summed E-state index contributed by atoms with van der Waals surface area (Å²) in [6.45, 7) is 2.42. The first kappa shape index (κ1) is 16.8. The lowest BCUT2D eigenvalue weighted by atomic mass is 9.85. The standard InChI is InChI=1S/C23H31NO2/c1-26-22-7-6-19(23(25)17-4-5-17)14-20(22)16-8-10-24(11-9-16)21-13-15-2-3-18(21)12-15/h6-7,14-18,21H,2-5,8-13H2,1H3/t15?,18?,21-/m0/s1. The number of rotatable bonds is 5. The van der Waals surface area contributed by atoms with Crippen molar-refractivity contribution in [3.8, 4) is 5.75 Å². The summed E-state index contributed by atoms with van der Waals surface area (Å²) in [6, 6.07) is 7.00. The van der Waals surface area contributed by atoms with Gasteiger partial charge in [-0.2, -0.15) is 0 Å². The molecule has 0 aromatic heterocycles. The number of hydrogen-bond donors (Lipinski definition) is 0. The second-order valence-corrected chi connectivity index (χ2v) is 9.15. The molecule has 4 fully saturated rings. The number of methoxy groups -OCH3 is 1. The van der Waals surface area contributed by atoms with Crippen LogP contribution in [0.3, 0.4) is 0 Å².